The molecule has 0 bridgehead atoms. The lowest BCUT2D eigenvalue weighted by molar-refractivity contribution is -0.870. The van der Waals surface area contributed by atoms with E-state index in [4.69, 9.17) is 18.5 Å². The van der Waals surface area contributed by atoms with Crippen molar-refractivity contribution in [1.29, 1.82) is 0 Å². The van der Waals surface area contributed by atoms with Crippen LogP contribution in [0.4, 0.5) is 0 Å². The van der Waals surface area contributed by atoms with Gasteiger partial charge in [-0.05, 0) is 77.0 Å². The maximum atomic E-state index is 12.8. The third kappa shape index (κ3) is 57.3. The molecule has 0 spiro atoms. The minimum absolute atomic E-state index is 0.0314. The van der Waals surface area contributed by atoms with Crippen molar-refractivity contribution in [3.8, 4) is 0 Å². The van der Waals surface area contributed by atoms with E-state index in [1.54, 1.807) is 0 Å². The Balaban J connectivity index is 4.12. The molecule has 0 rings (SSSR count). The van der Waals surface area contributed by atoms with Crippen LogP contribution in [-0.4, -0.2) is 70.0 Å². The first-order valence-electron chi connectivity index (χ1n) is 30.3. The zero-order chi connectivity index (χ0) is 52.7. The number of rotatable bonds is 56. The number of hydrogen-bond acceptors (Lipinski definition) is 8. The van der Waals surface area contributed by atoms with E-state index in [1.165, 1.54) is 199 Å². The second kappa shape index (κ2) is 53.8. The van der Waals surface area contributed by atoms with Crippen LogP contribution in [0.25, 0.3) is 0 Å². The average Bonchev–Trinajstić information content (AvgIpc) is 3.34. The SMILES string of the molecule is CCCCCCC/C=C\C/C=C\CCCCCCCCCCCCCCCCCC(=O)OC(COC(=O)CCCCCCCCCCC/C=C\C/C=C\CCCCCCC)COP(=O)([O-])OCC[N+](C)(C)C. The van der Waals surface area contributed by atoms with Gasteiger partial charge in [0.25, 0.3) is 7.82 Å². The van der Waals surface area contributed by atoms with Gasteiger partial charge in [-0.1, -0.05) is 242 Å². The summed E-state index contributed by atoms with van der Waals surface area (Å²) in [6, 6.07) is 0. The van der Waals surface area contributed by atoms with Gasteiger partial charge >= 0.3 is 11.9 Å². The van der Waals surface area contributed by atoms with E-state index in [2.05, 4.69) is 62.5 Å². The van der Waals surface area contributed by atoms with E-state index < -0.39 is 26.5 Å². The van der Waals surface area contributed by atoms with Crippen LogP contribution in [-0.2, 0) is 32.7 Å². The predicted molar refractivity (Wildman–Crippen MR) is 305 cm³/mol. The summed E-state index contributed by atoms with van der Waals surface area (Å²) in [4.78, 5) is 37.9. The van der Waals surface area contributed by atoms with E-state index in [0.717, 1.165) is 51.4 Å². The number of esters is 2. The molecule has 0 saturated carbocycles. The number of ether oxygens (including phenoxy) is 2. The van der Waals surface area contributed by atoms with E-state index in [9.17, 15) is 19.0 Å². The smallest absolute Gasteiger partial charge is 0.306 e. The Kier molecular flexibility index (Phi) is 52.3. The molecule has 0 aliphatic rings. The Bertz CT molecular complexity index is 1360. The van der Waals surface area contributed by atoms with Gasteiger partial charge in [0.1, 0.15) is 19.8 Å². The van der Waals surface area contributed by atoms with Gasteiger partial charge in [-0.25, -0.2) is 0 Å². The van der Waals surface area contributed by atoms with Crippen LogP contribution in [0, 0.1) is 0 Å². The first-order valence-corrected chi connectivity index (χ1v) is 31.8. The number of hydrogen-bond donors (Lipinski definition) is 0. The maximum absolute atomic E-state index is 12.8. The Morgan fingerprint density at radius 1 is 0.431 bits per heavy atom. The van der Waals surface area contributed by atoms with Gasteiger partial charge in [0, 0.05) is 12.8 Å². The number of phosphoric ester groups is 1. The highest BCUT2D eigenvalue weighted by Gasteiger charge is 2.22. The third-order valence-corrected chi connectivity index (χ3v) is 14.3. The number of allylic oxidation sites excluding steroid dienone is 8. The number of carbonyl (C=O) groups is 2. The van der Waals surface area contributed by atoms with Crippen LogP contribution in [0.15, 0.2) is 48.6 Å². The molecule has 0 N–H and O–H groups in total. The summed E-state index contributed by atoms with van der Waals surface area (Å²) in [6.07, 6.45) is 67.3. The zero-order valence-corrected chi connectivity index (χ0v) is 48.8. The summed E-state index contributed by atoms with van der Waals surface area (Å²) in [5, 5.41) is 0. The van der Waals surface area contributed by atoms with E-state index >= 15 is 0 Å². The van der Waals surface area contributed by atoms with Crippen LogP contribution < -0.4 is 4.89 Å². The largest absolute Gasteiger partial charge is 0.756 e. The van der Waals surface area contributed by atoms with Crippen molar-refractivity contribution in [3.05, 3.63) is 48.6 Å². The zero-order valence-electron chi connectivity index (χ0n) is 47.9. The topological polar surface area (TPSA) is 111 Å². The minimum Gasteiger partial charge on any atom is -0.756 e. The first kappa shape index (κ1) is 70.0. The third-order valence-electron chi connectivity index (χ3n) is 13.3. The van der Waals surface area contributed by atoms with E-state index in [-0.39, 0.29) is 32.0 Å². The molecule has 0 aromatic rings. The fourth-order valence-electron chi connectivity index (χ4n) is 8.60. The van der Waals surface area contributed by atoms with Crippen molar-refractivity contribution < 1.29 is 42.1 Å². The Hall–Kier alpha value is -2.03. The van der Waals surface area contributed by atoms with Crippen molar-refractivity contribution in [1.82, 2.24) is 0 Å². The number of nitrogens with zero attached hydrogens (tertiary/aromatic N) is 1. The monoisotopic (exact) mass is 1030 g/mol. The van der Waals surface area contributed by atoms with Gasteiger partial charge in [-0.2, -0.15) is 0 Å². The summed E-state index contributed by atoms with van der Waals surface area (Å²) in [5.74, 6) is -0.828. The molecule has 0 aliphatic carbocycles. The lowest BCUT2D eigenvalue weighted by Crippen LogP contribution is -2.37. The Labute approximate surface area is 445 Å². The molecule has 10 heteroatoms. The molecular formula is C62H116NO8P. The molecule has 72 heavy (non-hydrogen) atoms. The number of likely N-dealkylation sites (N-methyl/N-ethyl adjacent to an activating group) is 1. The highest BCUT2D eigenvalue weighted by Crippen LogP contribution is 2.38. The Morgan fingerprint density at radius 2 is 0.750 bits per heavy atom. The van der Waals surface area contributed by atoms with Crippen LogP contribution in [0.1, 0.15) is 284 Å². The van der Waals surface area contributed by atoms with Gasteiger partial charge in [0.2, 0.25) is 0 Å². The van der Waals surface area contributed by atoms with Gasteiger partial charge in [0.05, 0.1) is 27.7 Å². The van der Waals surface area contributed by atoms with Crippen LogP contribution >= 0.6 is 7.82 Å². The molecule has 422 valence electrons. The maximum Gasteiger partial charge on any atom is 0.306 e. The van der Waals surface area contributed by atoms with Gasteiger partial charge in [0.15, 0.2) is 6.10 Å². The molecule has 0 heterocycles. The van der Waals surface area contributed by atoms with Crippen LogP contribution in [0.5, 0.6) is 0 Å². The fraction of sp³-hybridized carbons (Fsp3) is 0.839. The lowest BCUT2D eigenvalue weighted by atomic mass is 10.0. The fourth-order valence-corrected chi connectivity index (χ4v) is 9.33. The summed E-state index contributed by atoms with van der Waals surface area (Å²) < 4.78 is 34.2. The molecular weight excluding hydrogens is 918 g/mol. The quantitative estimate of drug-likeness (QED) is 0.0195. The molecule has 9 nitrogen and oxygen atoms in total. The minimum atomic E-state index is -4.64. The molecule has 0 aromatic heterocycles. The lowest BCUT2D eigenvalue weighted by Gasteiger charge is -2.28. The molecule has 0 radical (unpaired) electrons. The van der Waals surface area contributed by atoms with E-state index in [1.807, 2.05) is 21.1 Å². The number of unbranched alkanes of at least 4 members (excludes halogenated alkanes) is 34. The van der Waals surface area contributed by atoms with Gasteiger partial charge in [-0.15, -0.1) is 0 Å². The van der Waals surface area contributed by atoms with Crippen molar-refractivity contribution in [2.75, 3.05) is 47.5 Å². The summed E-state index contributed by atoms with van der Waals surface area (Å²) in [6.45, 7) is 4.25. The molecule has 0 fully saturated rings. The van der Waals surface area contributed by atoms with Crippen molar-refractivity contribution in [2.24, 2.45) is 0 Å². The molecule has 0 saturated heterocycles. The molecule has 2 unspecified atom stereocenters. The van der Waals surface area contributed by atoms with Gasteiger partial charge in [-0.3, -0.25) is 14.2 Å². The van der Waals surface area contributed by atoms with Crippen molar-refractivity contribution in [3.63, 3.8) is 0 Å². The predicted octanol–water partition coefficient (Wildman–Crippen LogP) is 18.3. The number of quaternary nitrogens is 1. The van der Waals surface area contributed by atoms with Crippen molar-refractivity contribution in [2.45, 2.75) is 290 Å². The molecule has 2 atom stereocenters. The van der Waals surface area contributed by atoms with E-state index in [0.29, 0.717) is 17.4 Å². The van der Waals surface area contributed by atoms with Crippen molar-refractivity contribution >= 4 is 19.8 Å². The molecule has 0 amide bonds. The van der Waals surface area contributed by atoms with Crippen LogP contribution in [0.3, 0.4) is 0 Å². The molecule has 0 aliphatic heterocycles. The summed E-state index contributed by atoms with van der Waals surface area (Å²) in [5.41, 5.74) is 0. The first-order chi connectivity index (χ1) is 35.0. The standard InChI is InChI=1S/C62H116NO8P/c1-6-8-10-12-14-16-18-20-22-24-26-28-29-30-31-32-33-35-37-39-41-43-45-47-49-51-53-55-62(65)71-60(59-70-72(66,67)69-57-56-63(3,4)5)58-68-61(64)54-52-50-48-46-44-42-40-38-36-34-27-25-23-21-19-17-15-13-11-9-7-2/h18-21,24-27,60H,6-17,22-23,28-59H2,1-5H3/b20-18-,21-19-,26-24-,27-25-. The highest BCUT2D eigenvalue weighted by molar-refractivity contribution is 7.45. The second-order valence-electron chi connectivity index (χ2n) is 21.7. The van der Waals surface area contributed by atoms with Gasteiger partial charge < -0.3 is 27.9 Å². The van der Waals surface area contributed by atoms with Crippen LogP contribution in [0.2, 0.25) is 0 Å². The average molecular weight is 1030 g/mol. The summed E-state index contributed by atoms with van der Waals surface area (Å²) >= 11 is 0. The normalized spacial score (nSPS) is 13.6. The number of carbonyl (C=O) groups excluding carboxylic acids is 2. The highest BCUT2D eigenvalue weighted by atomic mass is 31.2. The molecule has 0 aromatic carbocycles. The Morgan fingerprint density at radius 3 is 1.10 bits per heavy atom. The number of phosphoric acid groups is 1. The summed E-state index contributed by atoms with van der Waals surface area (Å²) in [7, 11) is 1.17. The second-order valence-corrected chi connectivity index (χ2v) is 23.1.